The number of carbonyl (C=O) groups is 1. The largest absolute Gasteiger partial charge is 0.444 e. The van der Waals surface area contributed by atoms with Crippen LogP contribution in [0.5, 0.6) is 0 Å². The summed E-state index contributed by atoms with van der Waals surface area (Å²) in [5.74, 6) is 0.490. The Morgan fingerprint density at radius 2 is 2.00 bits per heavy atom. The molecule has 0 aromatic rings. The lowest BCUT2D eigenvalue weighted by Gasteiger charge is -2.33. The first kappa shape index (κ1) is 15.8. The van der Waals surface area contributed by atoms with Gasteiger partial charge in [0.1, 0.15) is 12.2 Å². The van der Waals surface area contributed by atoms with Crippen molar-refractivity contribution < 1.29 is 14.3 Å². The molecule has 0 aromatic heterocycles. The van der Waals surface area contributed by atoms with Crippen LogP contribution in [0, 0.1) is 12.5 Å². The Balaban J connectivity index is 2.22. The van der Waals surface area contributed by atoms with Gasteiger partial charge in [-0.2, -0.15) is 0 Å². The minimum atomic E-state index is -0.434. The van der Waals surface area contributed by atoms with Crippen molar-refractivity contribution >= 4 is 6.09 Å². The highest BCUT2D eigenvalue weighted by atomic mass is 16.6. The minimum Gasteiger partial charge on any atom is -0.444 e. The molecule has 108 valence electrons. The van der Waals surface area contributed by atoms with Crippen molar-refractivity contribution in [1.82, 2.24) is 4.90 Å². The average Bonchev–Trinajstić information content (AvgIpc) is 2.33. The normalized spacial score (nSPS) is 17.1. The predicted octanol–water partition coefficient (Wildman–Crippen LogP) is 2.57. The van der Waals surface area contributed by atoms with Crippen LogP contribution in [-0.2, 0) is 9.47 Å². The molecule has 5 nitrogen and oxygen atoms in total. The highest BCUT2D eigenvalue weighted by molar-refractivity contribution is 5.68. The molecule has 0 spiro atoms. The van der Waals surface area contributed by atoms with E-state index in [9.17, 15) is 4.79 Å². The zero-order valence-electron chi connectivity index (χ0n) is 12.1. The van der Waals surface area contributed by atoms with Crippen LogP contribution in [0.1, 0.15) is 33.6 Å². The molecule has 5 heteroatoms. The number of piperidine rings is 1. The topological polar surface area (TPSA) is 43.1 Å². The zero-order chi connectivity index (χ0) is 14.3. The SMILES string of the molecule is [C-]#[N+]CCOCC1CCN(C(=O)OC(C)(C)C)CC1. The summed E-state index contributed by atoms with van der Waals surface area (Å²) in [7, 11) is 0. The molecule has 1 heterocycles. The van der Waals surface area contributed by atoms with Crippen LogP contribution < -0.4 is 0 Å². The monoisotopic (exact) mass is 268 g/mol. The second kappa shape index (κ2) is 7.34. The fraction of sp³-hybridized carbons (Fsp3) is 0.857. The third-order valence-corrected chi connectivity index (χ3v) is 2.97. The fourth-order valence-electron chi connectivity index (χ4n) is 1.97. The third-order valence-electron chi connectivity index (χ3n) is 2.97. The van der Waals surface area contributed by atoms with Crippen molar-refractivity contribution in [2.45, 2.75) is 39.2 Å². The zero-order valence-corrected chi connectivity index (χ0v) is 12.1. The van der Waals surface area contributed by atoms with Gasteiger partial charge in [-0.15, -0.1) is 0 Å². The van der Waals surface area contributed by atoms with Crippen molar-refractivity contribution in [2.24, 2.45) is 5.92 Å². The molecule has 0 bridgehead atoms. The van der Waals surface area contributed by atoms with Crippen LogP contribution in [0.25, 0.3) is 4.85 Å². The molecule has 0 N–H and O–H groups in total. The van der Waals surface area contributed by atoms with E-state index in [1.807, 2.05) is 20.8 Å². The molecule has 1 amide bonds. The van der Waals surface area contributed by atoms with Gasteiger partial charge in [0, 0.05) is 19.7 Å². The summed E-state index contributed by atoms with van der Waals surface area (Å²) in [5.41, 5.74) is -0.434. The number of hydrogen-bond acceptors (Lipinski definition) is 3. The van der Waals surface area contributed by atoms with Crippen molar-refractivity contribution in [2.75, 3.05) is 32.8 Å². The molecule has 1 aliphatic heterocycles. The average molecular weight is 268 g/mol. The van der Waals surface area contributed by atoms with Crippen LogP contribution in [0.3, 0.4) is 0 Å². The Kier molecular flexibility index (Phi) is 6.10. The maximum Gasteiger partial charge on any atom is 0.410 e. The Hall–Kier alpha value is -1.28. The fourth-order valence-corrected chi connectivity index (χ4v) is 1.97. The molecule has 0 aromatic carbocycles. The summed E-state index contributed by atoms with van der Waals surface area (Å²) in [6.45, 7) is 15.4. The lowest BCUT2D eigenvalue weighted by atomic mass is 9.98. The summed E-state index contributed by atoms with van der Waals surface area (Å²) in [6, 6.07) is 0. The van der Waals surface area contributed by atoms with E-state index in [1.165, 1.54) is 0 Å². The molecule has 0 aliphatic carbocycles. The minimum absolute atomic E-state index is 0.222. The molecule has 1 aliphatic rings. The predicted molar refractivity (Wildman–Crippen MR) is 72.8 cm³/mol. The van der Waals surface area contributed by atoms with E-state index in [4.69, 9.17) is 16.0 Å². The Bertz CT molecular complexity index is 323. The Morgan fingerprint density at radius 1 is 1.37 bits per heavy atom. The maximum atomic E-state index is 11.9. The van der Waals surface area contributed by atoms with Crippen LogP contribution in [0.4, 0.5) is 4.79 Å². The maximum absolute atomic E-state index is 11.9. The molecule has 0 unspecified atom stereocenters. The van der Waals surface area contributed by atoms with Crippen molar-refractivity contribution in [3.8, 4) is 0 Å². The van der Waals surface area contributed by atoms with E-state index in [2.05, 4.69) is 4.85 Å². The molecule has 0 atom stereocenters. The van der Waals surface area contributed by atoms with Gasteiger partial charge < -0.3 is 19.2 Å². The lowest BCUT2D eigenvalue weighted by Crippen LogP contribution is -2.42. The molecule has 0 saturated carbocycles. The van der Waals surface area contributed by atoms with Gasteiger partial charge in [0.15, 0.2) is 0 Å². The first-order chi connectivity index (χ1) is 8.92. The summed E-state index contributed by atoms with van der Waals surface area (Å²) >= 11 is 0. The van der Waals surface area contributed by atoms with E-state index < -0.39 is 5.60 Å². The third kappa shape index (κ3) is 6.44. The molecule has 1 fully saturated rings. The highest BCUT2D eigenvalue weighted by Crippen LogP contribution is 2.19. The number of hydrogen-bond donors (Lipinski definition) is 0. The van der Waals surface area contributed by atoms with Crippen LogP contribution >= 0.6 is 0 Å². The number of carbonyl (C=O) groups excluding carboxylic acids is 1. The molecule has 0 radical (unpaired) electrons. The van der Waals surface area contributed by atoms with Gasteiger partial charge in [-0.25, -0.2) is 11.4 Å². The smallest absolute Gasteiger partial charge is 0.410 e. The molecule has 1 saturated heterocycles. The van der Waals surface area contributed by atoms with E-state index in [-0.39, 0.29) is 6.09 Å². The van der Waals surface area contributed by atoms with E-state index in [0.29, 0.717) is 25.7 Å². The summed E-state index contributed by atoms with van der Waals surface area (Å²) < 4.78 is 10.8. The Labute approximate surface area is 115 Å². The second-order valence-corrected chi connectivity index (χ2v) is 5.87. The molecule has 19 heavy (non-hydrogen) atoms. The number of amides is 1. The number of likely N-dealkylation sites (tertiary alicyclic amines) is 1. The van der Waals surface area contributed by atoms with Crippen LogP contribution in [0.15, 0.2) is 0 Å². The van der Waals surface area contributed by atoms with E-state index in [1.54, 1.807) is 4.90 Å². The second-order valence-electron chi connectivity index (χ2n) is 5.87. The van der Waals surface area contributed by atoms with E-state index in [0.717, 1.165) is 25.9 Å². The lowest BCUT2D eigenvalue weighted by molar-refractivity contribution is 0.0124. The molecule has 1 rings (SSSR count). The van der Waals surface area contributed by atoms with Crippen LogP contribution in [0.2, 0.25) is 0 Å². The number of nitrogens with zero attached hydrogens (tertiary/aromatic N) is 2. The number of rotatable bonds is 4. The number of ether oxygens (including phenoxy) is 2. The van der Waals surface area contributed by atoms with Gasteiger partial charge in [0.05, 0.1) is 0 Å². The molecular formula is C14H24N2O3. The summed E-state index contributed by atoms with van der Waals surface area (Å²) in [4.78, 5) is 16.9. The van der Waals surface area contributed by atoms with Crippen LogP contribution in [-0.4, -0.2) is 49.4 Å². The quantitative estimate of drug-likeness (QED) is 0.581. The first-order valence-corrected chi connectivity index (χ1v) is 6.81. The summed E-state index contributed by atoms with van der Waals surface area (Å²) in [6.07, 6.45) is 1.66. The standard InChI is InChI=1S/C14H24N2O3/c1-14(2,3)19-13(17)16-8-5-12(6-9-16)11-18-10-7-15-4/h12H,5-11H2,1-3H3. The van der Waals surface area contributed by atoms with E-state index >= 15 is 0 Å². The van der Waals surface area contributed by atoms with Gasteiger partial charge in [-0.1, -0.05) is 0 Å². The van der Waals surface area contributed by atoms with Gasteiger partial charge in [0.2, 0.25) is 6.54 Å². The van der Waals surface area contributed by atoms with Crippen molar-refractivity contribution in [1.29, 1.82) is 0 Å². The molecular weight excluding hydrogens is 244 g/mol. The van der Waals surface area contributed by atoms with Gasteiger partial charge >= 0.3 is 6.09 Å². The van der Waals surface area contributed by atoms with Crippen molar-refractivity contribution in [3.63, 3.8) is 0 Å². The van der Waals surface area contributed by atoms with Gasteiger partial charge in [0.25, 0.3) is 0 Å². The van der Waals surface area contributed by atoms with Gasteiger partial charge in [-0.3, -0.25) is 0 Å². The van der Waals surface area contributed by atoms with Crippen molar-refractivity contribution in [3.05, 3.63) is 11.4 Å². The Morgan fingerprint density at radius 3 is 2.53 bits per heavy atom. The first-order valence-electron chi connectivity index (χ1n) is 6.81. The summed E-state index contributed by atoms with van der Waals surface area (Å²) in [5, 5.41) is 0. The van der Waals surface area contributed by atoms with Gasteiger partial charge in [-0.05, 0) is 39.5 Å². The highest BCUT2D eigenvalue weighted by Gasteiger charge is 2.26.